The summed E-state index contributed by atoms with van der Waals surface area (Å²) in [7, 11) is 1.97. The Bertz CT molecular complexity index is 331. The highest BCUT2D eigenvalue weighted by Crippen LogP contribution is 2.02. The fourth-order valence-corrected chi connectivity index (χ4v) is 1.70. The number of aliphatic hydroxyl groups is 1. The van der Waals surface area contributed by atoms with Crippen molar-refractivity contribution >= 4 is 0 Å². The first-order chi connectivity index (χ1) is 8.11. The standard InChI is InChI=1S/C13H22N2O2/c1-4-17-10-13(16)9-15(3)8-12-7-5-6-11(2)14-12/h5-7,13,16H,4,8-10H2,1-3H3. The van der Waals surface area contributed by atoms with Crippen LogP contribution in [0.2, 0.25) is 0 Å². The summed E-state index contributed by atoms with van der Waals surface area (Å²) in [5, 5.41) is 9.70. The molecule has 0 aromatic carbocycles. The zero-order chi connectivity index (χ0) is 12.7. The summed E-state index contributed by atoms with van der Waals surface area (Å²) in [4.78, 5) is 6.48. The van der Waals surface area contributed by atoms with Crippen LogP contribution in [0.25, 0.3) is 0 Å². The number of hydrogen-bond acceptors (Lipinski definition) is 4. The maximum Gasteiger partial charge on any atom is 0.0900 e. The minimum absolute atomic E-state index is 0.391. The van der Waals surface area contributed by atoms with Gasteiger partial charge in [-0.15, -0.1) is 0 Å². The molecule has 0 saturated carbocycles. The molecule has 0 spiro atoms. The molecule has 0 aliphatic rings. The van der Waals surface area contributed by atoms with E-state index in [1.807, 2.05) is 44.0 Å². The van der Waals surface area contributed by atoms with Crippen molar-refractivity contribution in [3.05, 3.63) is 29.6 Å². The van der Waals surface area contributed by atoms with Crippen molar-refractivity contribution in [1.82, 2.24) is 9.88 Å². The second kappa shape index (κ2) is 7.37. The van der Waals surface area contributed by atoms with E-state index in [-0.39, 0.29) is 0 Å². The average molecular weight is 238 g/mol. The Morgan fingerprint density at radius 1 is 1.47 bits per heavy atom. The number of aliphatic hydroxyl groups excluding tert-OH is 1. The van der Waals surface area contributed by atoms with Gasteiger partial charge in [0.1, 0.15) is 0 Å². The molecule has 1 unspecified atom stereocenters. The van der Waals surface area contributed by atoms with E-state index in [4.69, 9.17) is 4.74 Å². The van der Waals surface area contributed by atoms with Crippen LogP contribution in [0.1, 0.15) is 18.3 Å². The molecule has 4 heteroatoms. The Hall–Kier alpha value is -0.970. The van der Waals surface area contributed by atoms with Crippen LogP contribution in [0.3, 0.4) is 0 Å². The van der Waals surface area contributed by atoms with Gasteiger partial charge in [0.25, 0.3) is 0 Å². The number of likely N-dealkylation sites (N-methyl/N-ethyl adjacent to an activating group) is 1. The molecule has 0 amide bonds. The van der Waals surface area contributed by atoms with Crippen molar-refractivity contribution in [2.45, 2.75) is 26.5 Å². The van der Waals surface area contributed by atoms with Gasteiger partial charge in [0, 0.05) is 25.4 Å². The van der Waals surface area contributed by atoms with E-state index < -0.39 is 6.10 Å². The van der Waals surface area contributed by atoms with Gasteiger partial charge < -0.3 is 9.84 Å². The molecule has 0 aliphatic heterocycles. The lowest BCUT2D eigenvalue weighted by Crippen LogP contribution is -2.32. The van der Waals surface area contributed by atoms with Gasteiger partial charge in [-0.1, -0.05) is 6.07 Å². The molecule has 1 aromatic heterocycles. The van der Waals surface area contributed by atoms with Crippen LogP contribution in [0.15, 0.2) is 18.2 Å². The van der Waals surface area contributed by atoms with Crippen LogP contribution in [-0.4, -0.2) is 47.9 Å². The summed E-state index contributed by atoms with van der Waals surface area (Å²) in [6, 6.07) is 5.98. The Morgan fingerprint density at radius 2 is 2.24 bits per heavy atom. The highest BCUT2D eigenvalue weighted by atomic mass is 16.5. The number of aryl methyl sites for hydroxylation is 1. The van der Waals surface area contributed by atoms with Crippen LogP contribution < -0.4 is 0 Å². The van der Waals surface area contributed by atoms with E-state index in [1.165, 1.54) is 0 Å². The molecule has 0 aliphatic carbocycles. The predicted octanol–water partition coefficient (Wildman–Crippen LogP) is 1.22. The molecule has 1 aromatic rings. The van der Waals surface area contributed by atoms with Crippen LogP contribution in [0.4, 0.5) is 0 Å². The summed E-state index contributed by atoms with van der Waals surface area (Å²) in [6.45, 7) is 6.27. The van der Waals surface area contributed by atoms with Gasteiger partial charge in [-0.2, -0.15) is 0 Å². The van der Waals surface area contributed by atoms with Crippen molar-refractivity contribution in [3.8, 4) is 0 Å². The first kappa shape index (κ1) is 14.1. The van der Waals surface area contributed by atoms with E-state index in [0.717, 1.165) is 17.9 Å². The summed E-state index contributed by atoms with van der Waals surface area (Å²) < 4.78 is 5.17. The molecule has 4 nitrogen and oxygen atoms in total. The van der Waals surface area contributed by atoms with Gasteiger partial charge in [0.2, 0.25) is 0 Å². The van der Waals surface area contributed by atoms with E-state index in [1.54, 1.807) is 0 Å². The zero-order valence-corrected chi connectivity index (χ0v) is 10.9. The highest BCUT2D eigenvalue weighted by molar-refractivity contribution is 5.09. The molecule has 17 heavy (non-hydrogen) atoms. The summed E-state index contributed by atoms with van der Waals surface area (Å²) in [6.07, 6.45) is -0.440. The molecule has 1 atom stereocenters. The lowest BCUT2D eigenvalue weighted by molar-refractivity contribution is 0.0242. The smallest absolute Gasteiger partial charge is 0.0900 e. The first-order valence-electron chi connectivity index (χ1n) is 5.98. The Labute approximate surface area is 103 Å². The van der Waals surface area contributed by atoms with Gasteiger partial charge >= 0.3 is 0 Å². The Balaban J connectivity index is 2.36. The zero-order valence-electron chi connectivity index (χ0n) is 10.9. The summed E-state index contributed by atoms with van der Waals surface area (Å²) in [5.41, 5.74) is 2.04. The molecular formula is C13H22N2O2. The average Bonchev–Trinajstić information content (AvgIpc) is 2.26. The van der Waals surface area contributed by atoms with Crippen LogP contribution in [0, 0.1) is 6.92 Å². The van der Waals surface area contributed by atoms with Crippen molar-refractivity contribution < 1.29 is 9.84 Å². The van der Waals surface area contributed by atoms with Crippen LogP contribution in [-0.2, 0) is 11.3 Å². The number of rotatable bonds is 7. The quantitative estimate of drug-likeness (QED) is 0.776. The third-order valence-electron chi connectivity index (χ3n) is 2.41. The third-order valence-corrected chi connectivity index (χ3v) is 2.41. The lowest BCUT2D eigenvalue weighted by Gasteiger charge is -2.20. The number of hydrogen-bond donors (Lipinski definition) is 1. The number of pyridine rings is 1. The molecule has 96 valence electrons. The van der Waals surface area contributed by atoms with E-state index in [2.05, 4.69) is 4.98 Å². The monoisotopic (exact) mass is 238 g/mol. The summed E-state index contributed by atoms with van der Waals surface area (Å²) in [5.74, 6) is 0. The molecular weight excluding hydrogens is 216 g/mol. The number of nitrogens with zero attached hydrogens (tertiary/aromatic N) is 2. The molecule has 0 bridgehead atoms. The minimum Gasteiger partial charge on any atom is -0.389 e. The van der Waals surface area contributed by atoms with Gasteiger partial charge in [-0.3, -0.25) is 9.88 Å². The minimum atomic E-state index is -0.440. The fraction of sp³-hybridized carbons (Fsp3) is 0.615. The van der Waals surface area contributed by atoms with Crippen molar-refractivity contribution in [2.24, 2.45) is 0 Å². The highest BCUT2D eigenvalue weighted by Gasteiger charge is 2.09. The first-order valence-corrected chi connectivity index (χ1v) is 5.98. The van der Waals surface area contributed by atoms with Gasteiger partial charge in [0.05, 0.1) is 18.4 Å². The molecule has 0 fully saturated rings. The predicted molar refractivity (Wildman–Crippen MR) is 67.8 cm³/mol. The summed E-state index contributed by atoms with van der Waals surface area (Å²) >= 11 is 0. The fourth-order valence-electron chi connectivity index (χ4n) is 1.70. The molecule has 1 N–H and O–H groups in total. The molecule has 1 heterocycles. The topological polar surface area (TPSA) is 45.6 Å². The van der Waals surface area contributed by atoms with Crippen molar-refractivity contribution in [2.75, 3.05) is 26.8 Å². The van der Waals surface area contributed by atoms with Crippen LogP contribution >= 0.6 is 0 Å². The largest absolute Gasteiger partial charge is 0.389 e. The van der Waals surface area contributed by atoms with Gasteiger partial charge in [-0.25, -0.2) is 0 Å². The van der Waals surface area contributed by atoms with Crippen molar-refractivity contribution in [1.29, 1.82) is 0 Å². The van der Waals surface area contributed by atoms with Crippen LogP contribution in [0.5, 0.6) is 0 Å². The normalized spacial score (nSPS) is 13.0. The lowest BCUT2D eigenvalue weighted by atomic mass is 10.3. The molecule has 1 rings (SSSR count). The molecule has 0 saturated heterocycles. The molecule has 0 radical (unpaired) electrons. The van der Waals surface area contributed by atoms with Gasteiger partial charge in [-0.05, 0) is 33.0 Å². The number of ether oxygens (including phenoxy) is 1. The SMILES string of the molecule is CCOCC(O)CN(C)Cc1cccc(C)n1. The van der Waals surface area contributed by atoms with E-state index >= 15 is 0 Å². The number of aromatic nitrogens is 1. The van der Waals surface area contributed by atoms with Crippen molar-refractivity contribution in [3.63, 3.8) is 0 Å². The Kier molecular flexibility index (Phi) is 6.11. The Morgan fingerprint density at radius 3 is 2.88 bits per heavy atom. The van der Waals surface area contributed by atoms with E-state index in [0.29, 0.717) is 19.8 Å². The maximum atomic E-state index is 9.70. The van der Waals surface area contributed by atoms with E-state index in [9.17, 15) is 5.11 Å². The van der Waals surface area contributed by atoms with Gasteiger partial charge in [0.15, 0.2) is 0 Å². The third kappa shape index (κ3) is 5.77. The second-order valence-corrected chi connectivity index (χ2v) is 4.28. The second-order valence-electron chi connectivity index (χ2n) is 4.28. The maximum absolute atomic E-state index is 9.70.